The summed E-state index contributed by atoms with van der Waals surface area (Å²) in [6.07, 6.45) is 5.39. The summed E-state index contributed by atoms with van der Waals surface area (Å²) in [5.74, 6) is -0.746. The van der Waals surface area contributed by atoms with Gasteiger partial charge in [0.2, 0.25) is 0 Å². The van der Waals surface area contributed by atoms with E-state index in [-0.39, 0.29) is 23.7 Å². The van der Waals surface area contributed by atoms with E-state index in [1.807, 2.05) is 26.1 Å². The highest BCUT2D eigenvalue weighted by atomic mass is 32.1. The van der Waals surface area contributed by atoms with E-state index in [4.69, 9.17) is 14.5 Å². The molecule has 13 heteroatoms. The zero-order chi connectivity index (χ0) is 33.0. The normalized spacial score (nSPS) is 16.3. The molecule has 244 valence electrons. The quantitative estimate of drug-likeness (QED) is 0.213. The Hall–Kier alpha value is -4.36. The minimum atomic E-state index is -1.18. The Balaban J connectivity index is 1.18. The Bertz CT molecular complexity index is 1690. The number of benzene rings is 1. The Kier molecular flexibility index (Phi) is 10.0. The molecule has 3 amide bonds. The highest BCUT2D eigenvalue weighted by Gasteiger charge is 2.36. The van der Waals surface area contributed by atoms with Gasteiger partial charge in [0.05, 0.1) is 20.8 Å². The average Bonchev–Trinajstić information content (AvgIpc) is 3.69. The molecule has 0 unspecified atom stereocenters. The van der Waals surface area contributed by atoms with E-state index in [0.29, 0.717) is 49.7 Å². The zero-order valence-corrected chi connectivity index (χ0v) is 27.5. The predicted molar refractivity (Wildman–Crippen MR) is 176 cm³/mol. The lowest BCUT2D eigenvalue weighted by atomic mass is 10.1. The second-order valence-electron chi connectivity index (χ2n) is 12.1. The lowest BCUT2D eigenvalue weighted by Crippen LogP contribution is -2.55. The highest BCUT2D eigenvalue weighted by Crippen LogP contribution is 2.36. The van der Waals surface area contributed by atoms with Gasteiger partial charge in [-0.1, -0.05) is 0 Å². The number of ether oxygens (including phenoxy) is 2. The number of aliphatic imine (C=N–C) groups is 1. The van der Waals surface area contributed by atoms with Crippen LogP contribution in [0.25, 0.3) is 10.2 Å². The lowest BCUT2D eigenvalue weighted by molar-refractivity contribution is -0.169. The Morgan fingerprint density at radius 2 is 1.83 bits per heavy atom. The van der Waals surface area contributed by atoms with Crippen molar-refractivity contribution < 1.29 is 28.2 Å². The van der Waals surface area contributed by atoms with Crippen LogP contribution in [0.5, 0.6) is 11.5 Å². The second-order valence-corrected chi connectivity index (χ2v) is 13.2. The maximum Gasteiger partial charge on any atom is 0.319 e. The van der Waals surface area contributed by atoms with Crippen LogP contribution in [0.3, 0.4) is 0 Å². The van der Waals surface area contributed by atoms with Gasteiger partial charge in [0, 0.05) is 75.9 Å². The molecular formula is C33H39FN6O5S. The van der Waals surface area contributed by atoms with Crippen molar-refractivity contribution in [3.63, 3.8) is 0 Å². The van der Waals surface area contributed by atoms with E-state index in [0.717, 1.165) is 33.7 Å². The number of esters is 1. The number of hydrogen-bond acceptors (Lipinski definition) is 9. The number of anilines is 1. The zero-order valence-electron chi connectivity index (χ0n) is 26.7. The largest absolute Gasteiger partial charge is 0.453 e. The summed E-state index contributed by atoms with van der Waals surface area (Å²) in [5, 5.41) is 5.45. The van der Waals surface area contributed by atoms with Crippen LogP contribution in [0.1, 0.15) is 52.3 Å². The summed E-state index contributed by atoms with van der Waals surface area (Å²) in [6.45, 7) is 11.7. The number of nitrogens with zero attached hydrogens (tertiary/aromatic N) is 4. The number of aromatic nitrogens is 1. The number of fused-ring (bicyclic) bond motifs is 1. The summed E-state index contributed by atoms with van der Waals surface area (Å²) in [4.78, 5) is 50.2. The van der Waals surface area contributed by atoms with E-state index in [1.54, 1.807) is 37.1 Å². The van der Waals surface area contributed by atoms with Crippen molar-refractivity contribution in [2.75, 3.05) is 38.0 Å². The number of hydrogen-bond donors (Lipinski definition) is 2. The van der Waals surface area contributed by atoms with Crippen molar-refractivity contribution in [3.05, 3.63) is 59.0 Å². The number of thiophene rings is 1. The molecule has 1 saturated heterocycles. The van der Waals surface area contributed by atoms with E-state index < -0.39 is 17.4 Å². The van der Waals surface area contributed by atoms with Crippen LogP contribution in [0.15, 0.2) is 53.3 Å². The van der Waals surface area contributed by atoms with Gasteiger partial charge in [-0.3, -0.25) is 24.5 Å². The monoisotopic (exact) mass is 650 g/mol. The SMILES string of the molecule is CC(=O)OC(C)(C)C(=O)N1CCN(C/C(C)=C/N=C(C)c2cc3nccc(Oc4ccc(NC(=O)NC5CC5)cc4F)c3s2)CC1. The molecule has 3 heterocycles. The van der Waals surface area contributed by atoms with Gasteiger partial charge in [0.25, 0.3) is 5.91 Å². The second kappa shape index (κ2) is 14.0. The number of carbonyl (C=O) groups is 3. The van der Waals surface area contributed by atoms with Gasteiger partial charge in [-0.2, -0.15) is 0 Å². The third-order valence-corrected chi connectivity index (χ3v) is 8.83. The van der Waals surface area contributed by atoms with Crippen molar-refractivity contribution in [2.45, 2.75) is 59.1 Å². The molecule has 2 aliphatic rings. The molecule has 2 N–H and O–H groups in total. The van der Waals surface area contributed by atoms with E-state index in [9.17, 15) is 18.8 Å². The molecule has 1 aromatic carbocycles. The van der Waals surface area contributed by atoms with Crippen LogP contribution in [0.2, 0.25) is 0 Å². The smallest absolute Gasteiger partial charge is 0.319 e. The molecule has 1 saturated carbocycles. The average molecular weight is 651 g/mol. The molecule has 0 radical (unpaired) electrons. The topological polar surface area (TPSA) is 125 Å². The van der Waals surface area contributed by atoms with Crippen LogP contribution >= 0.6 is 11.3 Å². The molecule has 0 spiro atoms. The fourth-order valence-electron chi connectivity index (χ4n) is 5.09. The van der Waals surface area contributed by atoms with Crippen LogP contribution < -0.4 is 15.4 Å². The molecule has 0 bridgehead atoms. The van der Waals surface area contributed by atoms with E-state index >= 15 is 0 Å². The first kappa shape index (κ1) is 33.0. The van der Waals surface area contributed by atoms with Crippen molar-refractivity contribution in [1.29, 1.82) is 0 Å². The van der Waals surface area contributed by atoms with Crippen LogP contribution in [-0.2, 0) is 14.3 Å². The first-order valence-corrected chi connectivity index (χ1v) is 16.0. The molecule has 1 aliphatic heterocycles. The molecule has 3 aromatic rings. The standard InChI is InChI=1S/C33H39FN6O5S/c1-20(19-39-12-14-40(15-13-39)31(42)33(4,5)45-22(3)41)18-36-21(2)29-17-26-30(46-29)28(10-11-35-26)44-27-9-8-24(16-25(27)34)38-32(43)37-23-6-7-23/h8-11,16-18,23H,6-7,12-15,19H2,1-5H3,(H2,37,38,43)/b20-18+,36-21?. The van der Waals surface area contributed by atoms with Gasteiger partial charge >= 0.3 is 12.0 Å². The Morgan fingerprint density at radius 1 is 1.09 bits per heavy atom. The summed E-state index contributed by atoms with van der Waals surface area (Å²) in [6, 6.07) is 7.80. The third kappa shape index (κ3) is 8.46. The summed E-state index contributed by atoms with van der Waals surface area (Å²) in [7, 11) is 0. The number of carbonyl (C=O) groups excluding carboxylic acids is 3. The minimum Gasteiger partial charge on any atom is -0.453 e. The van der Waals surface area contributed by atoms with Crippen molar-refractivity contribution in [2.24, 2.45) is 4.99 Å². The number of halogens is 1. The van der Waals surface area contributed by atoms with Crippen molar-refractivity contribution in [1.82, 2.24) is 20.1 Å². The molecule has 1 aliphatic carbocycles. The number of nitrogens with one attached hydrogen (secondary N) is 2. The summed E-state index contributed by atoms with van der Waals surface area (Å²) >= 11 is 1.46. The number of rotatable bonds is 10. The van der Waals surface area contributed by atoms with E-state index in [1.165, 1.54) is 30.4 Å². The number of piperazine rings is 1. The van der Waals surface area contributed by atoms with E-state index in [2.05, 4.69) is 20.5 Å². The van der Waals surface area contributed by atoms with Crippen LogP contribution in [-0.4, -0.2) is 82.8 Å². The Labute approximate surface area is 271 Å². The van der Waals surface area contributed by atoms with Crippen LogP contribution in [0, 0.1) is 5.82 Å². The van der Waals surface area contributed by atoms with Gasteiger partial charge in [-0.15, -0.1) is 11.3 Å². The first-order valence-electron chi connectivity index (χ1n) is 15.2. The van der Waals surface area contributed by atoms with Crippen molar-refractivity contribution >= 4 is 50.9 Å². The van der Waals surface area contributed by atoms with Gasteiger partial charge in [0.1, 0.15) is 5.75 Å². The molecule has 5 rings (SSSR count). The first-order chi connectivity index (χ1) is 21.9. The summed E-state index contributed by atoms with van der Waals surface area (Å²) in [5.41, 5.74) is 1.75. The lowest BCUT2D eigenvalue weighted by Gasteiger charge is -2.38. The number of pyridine rings is 1. The molecule has 11 nitrogen and oxygen atoms in total. The molecule has 46 heavy (non-hydrogen) atoms. The number of urea groups is 1. The maximum absolute atomic E-state index is 14.9. The minimum absolute atomic E-state index is 0.0397. The highest BCUT2D eigenvalue weighted by molar-refractivity contribution is 7.21. The fourth-order valence-corrected chi connectivity index (χ4v) is 6.11. The molecular weight excluding hydrogens is 611 g/mol. The van der Waals surface area contributed by atoms with Crippen LogP contribution in [0.4, 0.5) is 14.9 Å². The third-order valence-electron chi connectivity index (χ3n) is 7.58. The van der Waals surface area contributed by atoms with Gasteiger partial charge in [-0.25, -0.2) is 9.18 Å². The Morgan fingerprint density at radius 3 is 2.50 bits per heavy atom. The predicted octanol–water partition coefficient (Wildman–Crippen LogP) is 5.71. The fraction of sp³-hybridized carbons (Fsp3) is 0.424. The van der Waals surface area contributed by atoms with Gasteiger partial charge < -0.3 is 25.0 Å². The van der Waals surface area contributed by atoms with Gasteiger partial charge in [-0.05, 0) is 64.3 Å². The summed E-state index contributed by atoms with van der Waals surface area (Å²) < 4.78 is 26.8. The van der Waals surface area contributed by atoms with Gasteiger partial charge in [0.15, 0.2) is 17.2 Å². The molecule has 0 atom stereocenters. The maximum atomic E-state index is 14.9. The molecule has 2 aromatic heterocycles. The van der Waals surface area contributed by atoms with Crippen molar-refractivity contribution in [3.8, 4) is 11.5 Å². The number of amides is 3. The molecule has 2 fully saturated rings.